The second-order valence-electron chi connectivity index (χ2n) is 6.48. The molecule has 0 fully saturated rings. The van der Waals surface area contributed by atoms with Crippen molar-refractivity contribution in [3.05, 3.63) is 83.7 Å². The number of nitrogens with zero attached hydrogens (tertiary/aromatic N) is 2. The topological polar surface area (TPSA) is 79.9 Å². The smallest absolute Gasteiger partial charge is 0.257 e. The number of fused-ring (bicyclic) bond motifs is 1. The number of hydrogen-bond donors (Lipinski definition) is 2. The molecule has 0 aliphatic heterocycles. The fraction of sp³-hybridized carbons (Fsp3) is 0.136. The van der Waals surface area contributed by atoms with E-state index in [4.69, 9.17) is 4.74 Å². The molecule has 0 radical (unpaired) electrons. The highest BCUT2D eigenvalue weighted by Crippen LogP contribution is 2.25. The number of aromatic amines is 1. The lowest BCUT2D eigenvalue weighted by Gasteiger charge is -2.12. The molecule has 28 heavy (non-hydrogen) atoms. The van der Waals surface area contributed by atoms with E-state index in [0.29, 0.717) is 29.3 Å². The first-order valence-electron chi connectivity index (χ1n) is 9.08. The Morgan fingerprint density at radius 2 is 1.89 bits per heavy atom. The largest absolute Gasteiger partial charge is 0.491 e. The second-order valence-corrected chi connectivity index (χ2v) is 6.48. The van der Waals surface area contributed by atoms with Crippen LogP contribution in [0.15, 0.2) is 66.9 Å². The summed E-state index contributed by atoms with van der Waals surface area (Å²) >= 11 is 0. The highest BCUT2D eigenvalue weighted by molar-refractivity contribution is 6.06. The lowest BCUT2D eigenvalue weighted by Crippen LogP contribution is -2.13. The molecule has 0 atom stereocenters. The van der Waals surface area contributed by atoms with Gasteiger partial charge in [-0.25, -0.2) is 4.98 Å². The number of rotatable bonds is 6. The first kappa shape index (κ1) is 17.7. The highest BCUT2D eigenvalue weighted by Gasteiger charge is 2.13. The third-order valence-corrected chi connectivity index (χ3v) is 4.49. The third-order valence-electron chi connectivity index (χ3n) is 4.49. The molecule has 0 aliphatic carbocycles. The van der Waals surface area contributed by atoms with Crippen LogP contribution in [0.5, 0.6) is 5.75 Å². The molecule has 2 heterocycles. The molecule has 2 aromatic carbocycles. The molecule has 2 N–H and O–H groups in total. The number of amides is 1. The average Bonchev–Trinajstić information content (AvgIpc) is 3.10. The van der Waals surface area contributed by atoms with E-state index in [1.165, 1.54) is 11.8 Å². The number of anilines is 1. The molecule has 0 spiro atoms. The molecular formula is C22H20N4O2. The van der Waals surface area contributed by atoms with E-state index >= 15 is 0 Å². The minimum absolute atomic E-state index is 0.242. The molecule has 0 saturated carbocycles. The summed E-state index contributed by atoms with van der Waals surface area (Å²) in [4.78, 5) is 16.9. The second kappa shape index (κ2) is 7.92. The molecule has 0 saturated heterocycles. The van der Waals surface area contributed by atoms with Crippen LogP contribution in [-0.4, -0.2) is 27.7 Å². The number of aryl methyl sites for hydroxylation is 1. The van der Waals surface area contributed by atoms with Crippen LogP contribution in [0.3, 0.4) is 0 Å². The average molecular weight is 372 g/mol. The third kappa shape index (κ3) is 3.86. The van der Waals surface area contributed by atoms with E-state index in [2.05, 4.69) is 32.6 Å². The van der Waals surface area contributed by atoms with Crippen LogP contribution in [0.25, 0.3) is 11.0 Å². The molecule has 6 nitrogen and oxygen atoms in total. The fourth-order valence-corrected chi connectivity index (χ4v) is 2.96. The molecule has 1 amide bonds. The Hall–Kier alpha value is -3.67. The molecule has 0 unspecified atom stereocenters. The van der Waals surface area contributed by atoms with Crippen molar-refractivity contribution in [3.63, 3.8) is 0 Å². The van der Waals surface area contributed by atoms with Gasteiger partial charge in [0.05, 0.1) is 17.9 Å². The van der Waals surface area contributed by atoms with Gasteiger partial charge in [-0.05, 0) is 30.7 Å². The minimum atomic E-state index is -0.242. The Balaban J connectivity index is 1.46. The molecule has 4 aromatic rings. The van der Waals surface area contributed by atoms with Crippen molar-refractivity contribution in [1.29, 1.82) is 0 Å². The van der Waals surface area contributed by atoms with Crippen molar-refractivity contribution >= 4 is 22.6 Å². The molecule has 140 valence electrons. The predicted octanol–water partition coefficient (Wildman–Crippen LogP) is 4.14. The summed E-state index contributed by atoms with van der Waals surface area (Å²) < 4.78 is 5.91. The molecule has 0 aliphatic rings. The van der Waals surface area contributed by atoms with E-state index in [-0.39, 0.29) is 5.91 Å². The van der Waals surface area contributed by atoms with Crippen LogP contribution in [0.1, 0.15) is 21.6 Å². The van der Waals surface area contributed by atoms with Gasteiger partial charge in [-0.1, -0.05) is 42.5 Å². The maximum atomic E-state index is 12.7. The summed E-state index contributed by atoms with van der Waals surface area (Å²) in [6.07, 6.45) is 2.32. The Morgan fingerprint density at radius 3 is 2.75 bits per heavy atom. The number of pyridine rings is 1. The number of aromatic nitrogens is 3. The van der Waals surface area contributed by atoms with Gasteiger partial charge in [0.1, 0.15) is 5.75 Å². The summed E-state index contributed by atoms with van der Waals surface area (Å²) in [6.45, 7) is 2.42. The van der Waals surface area contributed by atoms with E-state index in [1.807, 2.05) is 49.4 Å². The van der Waals surface area contributed by atoms with Crippen LogP contribution in [0, 0.1) is 6.92 Å². The van der Waals surface area contributed by atoms with Crippen molar-refractivity contribution in [2.24, 2.45) is 0 Å². The lowest BCUT2D eigenvalue weighted by molar-refractivity contribution is 0.102. The molecule has 4 rings (SSSR count). The van der Waals surface area contributed by atoms with Crippen LogP contribution in [0.4, 0.5) is 5.69 Å². The van der Waals surface area contributed by atoms with Crippen LogP contribution in [-0.2, 0) is 6.42 Å². The Bertz CT molecular complexity index is 1110. The zero-order valence-corrected chi connectivity index (χ0v) is 15.5. The van der Waals surface area contributed by atoms with E-state index < -0.39 is 0 Å². The van der Waals surface area contributed by atoms with Gasteiger partial charge in [0, 0.05) is 23.7 Å². The summed E-state index contributed by atoms with van der Waals surface area (Å²) in [6, 6.07) is 19.4. The number of carbonyl (C=O) groups excluding carboxylic acids is 1. The van der Waals surface area contributed by atoms with E-state index in [1.54, 1.807) is 6.07 Å². The van der Waals surface area contributed by atoms with Gasteiger partial charge in [0.15, 0.2) is 5.65 Å². The van der Waals surface area contributed by atoms with Crippen LogP contribution in [0.2, 0.25) is 0 Å². The van der Waals surface area contributed by atoms with Gasteiger partial charge in [0.25, 0.3) is 5.91 Å². The first-order chi connectivity index (χ1) is 13.7. The Kier molecular flexibility index (Phi) is 5.01. The Morgan fingerprint density at radius 1 is 1.11 bits per heavy atom. The van der Waals surface area contributed by atoms with Crippen LogP contribution < -0.4 is 10.1 Å². The number of H-pyrrole nitrogens is 1. The van der Waals surface area contributed by atoms with Gasteiger partial charge in [-0.3, -0.25) is 9.89 Å². The number of nitrogens with one attached hydrogen (secondary N) is 2. The fourth-order valence-electron chi connectivity index (χ4n) is 2.96. The SMILES string of the molecule is Cc1[nH]nc2ncc(C(=O)Nc3ccccc3OCCc3ccccc3)cc12. The van der Waals surface area contributed by atoms with Crippen molar-refractivity contribution in [1.82, 2.24) is 15.2 Å². The quantitative estimate of drug-likeness (QED) is 0.533. The van der Waals surface area contributed by atoms with Crippen molar-refractivity contribution in [2.75, 3.05) is 11.9 Å². The van der Waals surface area contributed by atoms with Crippen molar-refractivity contribution in [3.8, 4) is 5.75 Å². The molecule has 0 bridgehead atoms. The number of carbonyl (C=O) groups is 1. The summed E-state index contributed by atoms with van der Waals surface area (Å²) in [5.74, 6) is 0.398. The number of ether oxygens (including phenoxy) is 1. The van der Waals surface area contributed by atoms with Gasteiger partial charge in [-0.2, -0.15) is 5.10 Å². The Labute approximate surface area is 162 Å². The number of hydrogen-bond acceptors (Lipinski definition) is 4. The number of benzene rings is 2. The standard InChI is InChI=1S/C22H20N4O2/c1-15-18-13-17(14-23-21(18)26-25-15)22(27)24-19-9-5-6-10-20(19)28-12-11-16-7-3-2-4-8-16/h2-10,13-14H,11-12H2,1H3,(H,24,27)(H,23,25,26). The van der Waals surface area contributed by atoms with Gasteiger partial charge < -0.3 is 10.1 Å². The molecule has 6 heteroatoms. The van der Waals surface area contributed by atoms with Crippen molar-refractivity contribution < 1.29 is 9.53 Å². The maximum Gasteiger partial charge on any atom is 0.257 e. The summed E-state index contributed by atoms with van der Waals surface area (Å²) in [5.41, 5.74) is 3.78. The van der Waals surface area contributed by atoms with Gasteiger partial charge >= 0.3 is 0 Å². The zero-order chi connectivity index (χ0) is 19.3. The molecule has 2 aromatic heterocycles. The maximum absolute atomic E-state index is 12.7. The monoisotopic (exact) mass is 372 g/mol. The first-order valence-corrected chi connectivity index (χ1v) is 9.08. The lowest BCUT2D eigenvalue weighted by atomic mass is 10.2. The highest BCUT2D eigenvalue weighted by atomic mass is 16.5. The number of para-hydroxylation sites is 2. The van der Waals surface area contributed by atoms with Crippen molar-refractivity contribution in [2.45, 2.75) is 13.3 Å². The van der Waals surface area contributed by atoms with Gasteiger partial charge in [-0.15, -0.1) is 0 Å². The van der Waals surface area contributed by atoms with Crippen LogP contribution >= 0.6 is 0 Å². The summed E-state index contributed by atoms with van der Waals surface area (Å²) in [5, 5.41) is 10.7. The minimum Gasteiger partial charge on any atom is -0.491 e. The van der Waals surface area contributed by atoms with Gasteiger partial charge in [0.2, 0.25) is 0 Å². The van der Waals surface area contributed by atoms with E-state index in [9.17, 15) is 4.79 Å². The normalized spacial score (nSPS) is 10.8. The molecular weight excluding hydrogens is 352 g/mol. The van der Waals surface area contributed by atoms with E-state index in [0.717, 1.165) is 17.5 Å². The zero-order valence-electron chi connectivity index (χ0n) is 15.5. The summed E-state index contributed by atoms with van der Waals surface area (Å²) in [7, 11) is 0. The predicted molar refractivity (Wildman–Crippen MR) is 109 cm³/mol.